The predicted octanol–water partition coefficient (Wildman–Crippen LogP) is 2.85. The quantitative estimate of drug-likeness (QED) is 0.687. The molecule has 5 nitrogen and oxygen atoms in total. The van der Waals surface area contributed by atoms with Crippen molar-refractivity contribution in [1.82, 2.24) is 4.98 Å². The lowest BCUT2D eigenvalue weighted by atomic mass is 10.1. The fraction of sp³-hybridized carbons (Fsp3) is 0.133. The number of oxazole rings is 1. The van der Waals surface area contributed by atoms with Crippen LogP contribution in [0.25, 0.3) is 22.6 Å². The first kappa shape index (κ1) is 11.2. The smallest absolute Gasteiger partial charge is 0.231 e. The van der Waals surface area contributed by atoms with Gasteiger partial charge in [-0.3, -0.25) is 0 Å². The zero-order chi connectivity index (χ0) is 13.5. The summed E-state index contributed by atoms with van der Waals surface area (Å²) in [5.41, 5.74) is 8.63. The molecule has 2 N–H and O–H groups in total. The molecular weight excluding hydrogens is 256 g/mol. The number of anilines is 1. The van der Waals surface area contributed by atoms with Gasteiger partial charge >= 0.3 is 0 Å². The van der Waals surface area contributed by atoms with Crippen molar-refractivity contribution in [1.29, 1.82) is 0 Å². The molecule has 2 heterocycles. The zero-order valence-corrected chi connectivity index (χ0v) is 10.6. The maximum atomic E-state index is 5.77. The van der Waals surface area contributed by atoms with Gasteiger partial charge in [-0.2, -0.15) is 0 Å². The van der Waals surface area contributed by atoms with E-state index in [1.165, 1.54) is 0 Å². The van der Waals surface area contributed by atoms with Crippen molar-refractivity contribution in [3.8, 4) is 23.0 Å². The highest BCUT2D eigenvalue weighted by Gasteiger charge is 2.20. The van der Waals surface area contributed by atoms with E-state index in [0.717, 1.165) is 16.8 Å². The molecule has 4 rings (SSSR count). The van der Waals surface area contributed by atoms with Crippen LogP contribution in [0.3, 0.4) is 0 Å². The SMILES string of the molecule is Nc1ccc2oc(-c3cccc4c3OCCO4)nc2c1. The fourth-order valence-electron chi connectivity index (χ4n) is 2.30. The molecule has 0 bridgehead atoms. The van der Waals surface area contributed by atoms with E-state index in [0.29, 0.717) is 36.1 Å². The Kier molecular flexibility index (Phi) is 2.32. The van der Waals surface area contributed by atoms with Gasteiger partial charge in [0.15, 0.2) is 17.1 Å². The largest absolute Gasteiger partial charge is 0.486 e. The number of hydrogen-bond donors (Lipinski definition) is 1. The lowest BCUT2D eigenvalue weighted by Gasteiger charge is -2.19. The van der Waals surface area contributed by atoms with Crippen LogP contribution >= 0.6 is 0 Å². The lowest BCUT2D eigenvalue weighted by molar-refractivity contribution is 0.172. The molecule has 2 aromatic carbocycles. The third kappa shape index (κ3) is 1.67. The first-order valence-corrected chi connectivity index (χ1v) is 6.36. The van der Waals surface area contributed by atoms with Gasteiger partial charge in [-0.25, -0.2) is 4.98 Å². The summed E-state index contributed by atoms with van der Waals surface area (Å²) in [6.07, 6.45) is 0. The summed E-state index contributed by atoms with van der Waals surface area (Å²) in [6, 6.07) is 11.1. The van der Waals surface area contributed by atoms with Crippen molar-refractivity contribution in [3.63, 3.8) is 0 Å². The van der Waals surface area contributed by atoms with Crippen LogP contribution in [-0.4, -0.2) is 18.2 Å². The van der Waals surface area contributed by atoms with Crippen LogP contribution < -0.4 is 15.2 Å². The van der Waals surface area contributed by atoms with Crippen LogP contribution in [-0.2, 0) is 0 Å². The van der Waals surface area contributed by atoms with Crippen LogP contribution in [0.4, 0.5) is 5.69 Å². The second kappa shape index (κ2) is 4.16. The number of para-hydroxylation sites is 1. The molecule has 0 amide bonds. The molecule has 0 aliphatic carbocycles. The summed E-state index contributed by atoms with van der Waals surface area (Å²) in [5, 5.41) is 0. The number of nitrogens with zero attached hydrogens (tertiary/aromatic N) is 1. The standard InChI is InChI=1S/C15H12N2O3/c16-9-4-5-12-11(8-9)17-15(20-12)10-2-1-3-13-14(10)19-7-6-18-13/h1-5,8H,6-7,16H2. The number of fused-ring (bicyclic) bond motifs is 2. The Morgan fingerprint density at radius 3 is 2.90 bits per heavy atom. The first-order valence-electron chi connectivity index (χ1n) is 6.36. The molecule has 3 aromatic rings. The van der Waals surface area contributed by atoms with Crippen molar-refractivity contribution < 1.29 is 13.9 Å². The third-order valence-corrected chi connectivity index (χ3v) is 3.21. The average molecular weight is 268 g/mol. The molecule has 100 valence electrons. The number of benzene rings is 2. The Balaban J connectivity index is 1.90. The van der Waals surface area contributed by atoms with E-state index < -0.39 is 0 Å². The molecule has 5 heteroatoms. The maximum Gasteiger partial charge on any atom is 0.231 e. The molecule has 0 radical (unpaired) electrons. The topological polar surface area (TPSA) is 70.5 Å². The summed E-state index contributed by atoms with van der Waals surface area (Å²) in [4.78, 5) is 4.47. The van der Waals surface area contributed by atoms with Crippen LogP contribution in [0.5, 0.6) is 11.5 Å². The Bertz CT molecular complexity index is 795. The minimum atomic E-state index is 0.507. The van der Waals surface area contributed by atoms with Gasteiger partial charge < -0.3 is 19.6 Å². The zero-order valence-electron chi connectivity index (χ0n) is 10.6. The molecule has 0 fully saturated rings. The highest BCUT2D eigenvalue weighted by Crippen LogP contribution is 2.40. The van der Waals surface area contributed by atoms with Crippen molar-refractivity contribution in [2.75, 3.05) is 18.9 Å². The van der Waals surface area contributed by atoms with E-state index in [9.17, 15) is 0 Å². The normalized spacial score (nSPS) is 13.6. The van der Waals surface area contributed by atoms with E-state index in [4.69, 9.17) is 19.6 Å². The molecule has 1 aromatic heterocycles. The van der Waals surface area contributed by atoms with E-state index in [1.807, 2.05) is 24.3 Å². The minimum absolute atomic E-state index is 0.507. The summed E-state index contributed by atoms with van der Waals surface area (Å²) >= 11 is 0. The minimum Gasteiger partial charge on any atom is -0.486 e. The Morgan fingerprint density at radius 2 is 1.95 bits per heavy atom. The molecule has 0 saturated carbocycles. The van der Waals surface area contributed by atoms with Crippen LogP contribution in [0, 0.1) is 0 Å². The van der Waals surface area contributed by atoms with Crippen LogP contribution in [0.15, 0.2) is 40.8 Å². The molecular formula is C15H12N2O3. The monoisotopic (exact) mass is 268 g/mol. The molecule has 0 unspecified atom stereocenters. The van der Waals surface area contributed by atoms with Gasteiger partial charge in [-0.05, 0) is 30.3 Å². The Morgan fingerprint density at radius 1 is 1.05 bits per heavy atom. The van der Waals surface area contributed by atoms with Crippen LogP contribution in [0.1, 0.15) is 0 Å². The van der Waals surface area contributed by atoms with Crippen molar-refractivity contribution in [2.24, 2.45) is 0 Å². The Labute approximate surface area is 114 Å². The van der Waals surface area contributed by atoms with Gasteiger partial charge in [0.05, 0.1) is 5.56 Å². The summed E-state index contributed by atoms with van der Waals surface area (Å²) in [7, 11) is 0. The van der Waals surface area contributed by atoms with Gasteiger partial charge in [-0.1, -0.05) is 6.07 Å². The second-order valence-electron chi connectivity index (χ2n) is 4.58. The van der Waals surface area contributed by atoms with E-state index in [2.05, 4.69) is 4.98 Å². The molecule has 1 aliphatic rings. The van der Waals surface area contributed by atoms with Crippen LogP contribution in [0.2, 0.25) is 0 Å². The van der Waals surface area contributed by atoms with Crippen molar-refractivity contribution in [3.05, 3.63) is 36.4 Å². The average Bonchev–Trinajstić information content (AvgIpc) is 2.89. The number of ether oxygens (including phenoxy) is 2. The molecule has 1 aliphatic heterocycles. The number of aromatic nitrogens is 1. The van der Waals surface area contributed by atoms with E-state index >= 15 is 0 Å². The highest BCUT2D eigenvalue weighted by atomic mass is 16.6. The fourth-order valence-corrected chi connectivity index (χ4v) is 2.30. The predicted molar refractivity (Wildman–Crippen MR) is 74.8 cm³/mol. The molecule has 0 spiro atoms. The van der Waals surface area contributed by atoms with E-state index in [-0.39, 0.29) is 0 Å². The number of nitrogen functional groups attached to an aromatic ring is 1. The second-order valence-corrected chi connectivity index (χ2v) is 4.58. The van der Waals surface area contributed by atoms with Gasteiger partial charge in [-0.15, -0.1) is 0 Å². The third-order valence-electron chi connectivity index (χ3n) is 3.21. The first-order chi connectivity index (χ1) is 9.81. The maximum absolute atomic E-state index is 5.77. The van der Waals surface area contributed by atoms with E-state index in [1.54, 1.807) is 12.1 Å². The van der Waals surface area contributed by atoms with Gasteiger partial charge in [0.2, 0.25) is 5.89 Å². The van der Waals surface area contributed by atoms with Crippen molar-refractivity contribution in [2.45, 2.75) is 0 Å². The van der Waals surface area contributed by atoms with Crippen molar-refractivity contribution >= 4 is 16.8 Å². The highest BCUT2D eigenvalue weighted by molar-refractivity contribution is 5.81. The number of nitrogens with two attached hydrogens (primary N) is 1. The van der Waals surface area contributed by atoms with Gasteiger partial charge in [0, 0.05) is 5.69 Å². The summed E-state index contributed by atoms with van der Waals surface area (Å²) < 4.78 is 17.0. The molecule has 0 atom stereocenters. The Hall–Kier alpha value is -2.69. The number of rotatable bonds is 1. The summed E-state index contributed by atoms with van der Waals surface area (Å²) in [5.74, 6) is 1.90. The summed E-state index contributed by atoms with van der Waals surface area (Å²) in [6.45, 7) is 1.08. The molecule has 20 heavy (non-hydrogen) atoms. The number of hydrogen-bond acceptors (Lipinski definition) is 5. The lowest BCUT2D eigenvalue weighted by Crippen LogP contribution is -2.15. The molecule has 0 saturated heterocycles. The van der Waals surface area contributed by atoms with Gasteiger partial charge in [0.25, 0.3) is 0 Å². The van der Waals surface area contributed by atoms with Gasteiger partial charge in [0.1, 0.15) is 18.7 Å².